The summed E-state index contributed by atoms with van der Waals surface area (Å²) >= 11 is 3.57. The molecule has 0 aromatic heterocycles. The van der Waals surface area contributed by atoms with E-state index in [2.05, 4.69) is 41.9 Å². The molecule has 0 spiro atoms. The van der Waals surface area contributed by atoms with Crippen LogP contribution in [0.5, 0.6) is 0 Å². The average Bonchev–Trinajstić information content (AvgIpc) is 2.36. The summed E-state index contributed by atoms with van der Waals surface area (Å²) in [7, 11) is 0. The number of hydrogen-bond donors (Lipinski definition) is 0. The van der Waals surface area contributed by atoms with Gasteiger partial charge in [-0.15, -0.1) is 0 Å². The Morgan fingerprint density at radius 2 is 2.05 bits per heavy atom. The number of carbonyl (C=O) groups is 1. The third kappa shape index (κ3) is 4.61. The van der Waals surface area contributed by atoms with Gasteiger partial charge in [-0.1, -0.05) is 55.3 Å². The molecule has 2 heteroatoms. The Morgan fingerprint density at radius 1 is 1.37 bits per heavy atom. The van der Waals surface area contributed by atoms with Crippen LogP contribution in [0.1, 0.15) is 51.2 Å². The summed E-state index contributed by atoms with van der Waals surface area (Å²) < 4.78 is 1.05. The van der Waals surface area contributed by atoms with Gasteiger partial charge < -0.3 is 0 Å². The summed E-state index contributed by atoms with van der Waals surface area (Å²) in [4.78, 5) is 12.3. The molecule has 0 heterocycles. The van der Waals surface area contributed by atoms with Gasteiger partial charge in [0.05, 0.1) is 0 Å². The van der Waals surface area contributed by atoms with Crippen molar-refractivity contribution in [2.24, 2.45) is 5.92 Å². The fraction of sp³-hybridized carbons (Fsp3) is 0.471. The molecular formula is C17H23BrO. The summed E-state index contributed by atoms with van der Waals surface area (Å²) in [5.41, 5.74) is 3.27. The predicted molar refractivity (Wildman–Crippen MR) is 86.2 cm³/mol. The largest absolute Gasteiger partial charge is 0.294 e. The summed E-state index contributed by atoms with van der Waals surface area (Å²) in [6.07, 6.45) is 5.11. The maximum Gasteiger partial charge on any atom is 0.161 e. The van der Waals surface area contributed by atoms with E-state index >= 15 is 0 Å². The van der Waals surface area contributed by atoms with Gasteiger partial charge in [0.2, 0.25) is 0 Å². The molecular weight excluding hydrogens is 300 g/mol. The summed E-state index contributed by atoms with van der Waals surface area (Å²) in [6, 6.07) is 6.12. The highest BCUT2D eigenvalue weighted by Gasteiger charge is 2.14. The lowest BCUT2D eigenvalue weighted by Crippen LogP contribution is -2.10. The second-order valence-electron chi connectivity index (χ2n) is 5.26. The number of rotatable bonds is 6. The van der Waals surface area contributed by atoms with E-state index < -0.39 is 0 Å². The molecule has 0 saturated carbocycles. The number of Topliss-reactive ketones (excluding diaryl/α,β-unsaturated/α-hetero) is 1. The van der Waals surface area contributed by atoms with E-state index in [1.165, 1.54) is 5.56 Å². The molecule has 1 nitrogen and oxygen atoms in total. The van der Waals surface area contributed by atoms with Gasteiger partial charge in [0.1, 0.15) is 0 Å². The lowest BCUT2D eigenvalue weighted by molar-refractivity contribution is -0.118. The van der Waals surface area contributed by atoms with Crippen molar-refractivity contribution >= 4 is 27.8 Å². The van der Waals surface area contributed by atoms with Crippen LogP contribution in [-0.4, -0.2) is 5.78 Å². The Balaban J connectivity index is 3.15. The number of halogens is 1. The quantitative estimate of drug-likeness (QED) is 0.627. The Labute approximate surface area is 125 Å². The van der Waals surface area contributed by atoms with Crippen molar-refractivity contribution in [2.75, 3.05) is 0 Å². The van der Waals surface area contributed by atoms with Crippen molar-refractivity contribution in [3.05, 3.63) is 39.4 Å². The van der Waals surface area contributed by atoms with E-state index in [0.717, 1.165) is 34.9 Å². The standard InChI is InChI=1S/C17H23BrO/c1-5-6-9-14(17(19)12(2)3)11-15-13(4)8-7-10-16(15)18/h7-8,10-12H,5-6,9H2,1-4H3/b14-11+. The molecule has 0 saturated heterocycles. The molecule has 0 amide bonds. The summed E-state index contributed by atoms with van der Waals surface area (Å²) in [5, 5.41) is 0. The van der Waals surface area contributed by atoms with Crippen LogP contribution in [-0.2, 0) is 4.79 Å². The lowest BCUT2D eigenvalue weighted by atomic mass is 9.94. The monoisotopic (exact) mass is 322 g/mol. The molecule has 0 aliphatic heterocycles. The van der Waals surface area contributed by atoms with Gasteiger partial charge in [-0.3, -0.25) is 4.79 Å². The Bertz CT molecular complexity index is 452. The van der Waals surface area contributed by atoms with Crippen LogP contribution in [0.25, 0.3) is 6.08 Å². The number of ketones is 1. The number of aryl methyl sites for hydroxylation is 1. The molecule has 19 heavy (non-hydrogen) atoms. The van der Waals surface area contributed by atoms with Crippen LogP contribution in [0.3, 0.4) is 0 Å². The molecule has 0 aliphatic carbocycles. The zero-order valence-electron chi connectivity index (χ0n) is 12.3. The number of hydrogen-bond acceptors (Lipinski definition) is 1. The zero-order valence-corrected chi connectivity index (χ0v) is 13.9. The van der Waals surface area contributed by atoms with Crippen LogP contribution in [0.2, 0.25) is 0 Å². The minimum absolute atomic E-state index is 0.0610. The second kappa shape index (κ2) is 7.64. The number of carbonyl (C=O) groups excluding carboxylic acids is 1. The maximum atomic E-state index is 12.3. The van der Waals surface area contributed by atoms with Crippen molar-refractivity contribution in [1.29, 1.82) is 0 Å². The van der Waals surface area contributed by atoms with E-state index in [0.29, 0.717) is 0 Å². The van der Waals surface area contributed by atoms with Gasteiger partial charge in [-0.05, 0) is 48.6 Å². The molecule has 1 aromatic rings. The molecule has 1 rings (SSSR count). The highest BCUT2D eigenvalue weighted by atomic mass is 79.9. The van der Waals surface area contributed by atoms with Crippen molar-refractivity contribution in [3.63, 3.8) is 0 Å². The third-order valence-electron chi connectivity index (χ3n) is 3.23. The first-order valence-electron chi connectivity index (χ1n) is 6.97. The molecule has 104 valence electrons. The fourth-order valence-corrected chi connectivity index (χ4v) is 2.59. The van der Waals surface area contributed by atoms with Crippen molar-refractivity contribution in [2.45, 2.75) is 47.0 Å². The van der Waals surface area contributed by atoms with Gasteiger partial charge in [0.25, 0.3) is 0 Å². The van der Waals surface area contributed by atoms with Crippen LogP contribution >= 0.6 is 15.9 Å². The van der Waals surface area contributed by atoms with Crippen molar-refractivity contribution < 1.29 is 4.79 Å². The molecule has 0 N–H and O–H groups in total. The van der Waals surface area contributed by atoms with E-state index in [-0.39, 0.29) is 11.7 Å². The first kappa shape index (κ1) is 16.2. The van der Waals surface area contributed by atoms with Gasteiger partial charge in [0.15, 0.2) is 5.78 Å². The Kier molecular flexibility index (Phi) is 6.50. The number of allylic oxidation sites excluding steroid dienone is 1. The van der Waals surface area contributed by atoms with Gasteiger partial charge in [-0.25, -0.2) is 0 Å². The number of benzene rings is 1. The number of unbranched alkanes of at least 4 members (excludes halogenated alkanes) is 1. The minimum atomic E-state index is 0.0610. The van der Waals surface area contributed by atoms with E-state index in [1.54, 1.807) is 0 Å². The zero-order chi connectivity index (χ0) is 14.4. The highest BCUT2D eigenvalue weighted by Crippen LogP contribution is 2.25. The molecule has 0 radical (unpaired) electrons. The normalized spacial score (nSPS) is 12.0. The van der Waals surface area contributed by atoms with Crippen LogP contribution in [0.4, 0.5) is 0 Å². The Hall–Kier alpha value is -0.890. The highest BCUT2D eigenvalue weighted by molar-refractivity contribution is 9.10. The first-order chi connectivity index (χ1) is 8.97. The van der Waals surface area contributed by atoms with Crippen molar-refractivity contribution in [3.8, 4) is 0 Å². The molecule has 0 atom stereocenters. The molecule has 0 aliphatic rings. The minimum Gasteiger partial charge on any atom is -0.294 e. The lowest BCUT2D eigenvalue weighted by Gasteiger charge is -2.11. The van der Waals surface area contributed by atoms with E-state index in [1.807, 2.05) is 26.0 Å². The molecule has 0 unspecified atom stereocenters. The molecule has 0 fully saturated rings. The van der Waals surface area contributed by atoms with E-state index in [9.17, 15) is 4.79 Å². The van der Waals surface area contributed by atoms with Crippen LogP contribution in [0, 0.1) is 12.8 Å². The maximum absolute atomic E-state index is 12.3. The summed E-state index contributed by atoms with van der Waals surface area (Å²) in [5.74, 6) is 0.328. The molecule has 0 bridgehead atoms. The molecule has 1 aromatic carbocycles. The van der Waals surface area contributed by atoms with E-state index in [4.69, 9.17) is 0 Å². The second-order valence-corrected chi connectivity index (χ2v) is 6.12. The first-order valence-corrected chi connectivity index (χ1v) is 7.76. The fourth-order valence-electron chi connectivity index (χ4n) is 2.01. The smallest absolute Gasteiger partial charge is 0.161 e. The van der Waals surface area contributed by atoms with Gasteiger partial charge >= 0.3 is 0 Å². The van der Waals surface area contributed by atoms with Gasteiger partial charge in [0, 0.05) is 10.4 Å². The average molecular weight is 323 g/mol. The predicted octanol–water partition coefficient (Wildman–Crippen LogP) is 5.56. The van der Waals surface area contributed by atoms with Crippen molar-refractivity contribution in [1.82, 2.24) is 0 Å². The Morgan fingerprint density at radius 3 is 2.58 bits per heavy atom. The SMILES string of the molecule is CCCC/C(=C\c1c(C)cccc1Br)C(=O)C(C)C. The van der Waals surface area contributed by atoms with Crippen LogP contribution in [0.15, 0.2) is 28.2 Å². The summed E-state index contributed by atoms with van der Waals surface area (Å²) in [6.45, 7) is 8.17. The van der Waals surface area contributed by atoms with Gasteiger partial charge in [-0.2, -0.15) is 0 Å². The third-order valence-corrected chi connectivity index (χ3v) is 3.92. The van der Waals surface area contributed by atoms with Crippen LogP contribution < -0.4 is 0 Å². The topological polar surface area (TPSA) is 17.1 Å².